The number of carbonyl (C=O) groups excluding carboxylic acids is 1. The molecule has 110 valence electrons. The van der Waals surface area contributed by atoms with Crippen molar-refractivity contribution in [2.75, 3.05) is 23.9 Å². The molecule has 0 aliphatic rings. The SMILES string of the molecule is CCSc1ccccc1NC(=O)c1ccc(OC)cc1N. The van der Waals surface area contributed by atoms with Gasteiger partial charge >= 0.3 is 0 Å². The molecule has 0 spiro atoms. The van der Waals surface area contributed by atoms with Crippen molar-refractivity contribution in [2.24, 2.45) is 0 Å². The Morgan fingerprint density at radius 2 is 2.05 bits per heavy atom. The van der Waals surface area contributed by atoms with Crippen molar-refractivity contribution < 1.29 is 9.53 Å². The van der Waals surface area contributed by atoms with Gasteiger partial charge in [0.05, 0.1) is 18.4 Å². The zero-order chi connectivity index (χ0) is 15.2. The molecule has 3 N–H and O–H groups in total. The van der Waals surface area contributed by atoms with E-state index in [-0.39, 0.29) is 5.91 Å². The molecule has 0 atom stereocenters. The third-order valence-electron chi connectivity index (χ3n) is 2.94. The van der Waals surface area contributed by atoms with Crippen molar-refractivity contribution in [3.05, 3.63) is 48.0 Å². The molecule has 2 aromatic carbocycles. The van der Waals surface area contributed by atoms with Crippen LogP contribution < -0.4 is 15.8 Å². The predicted octanol–water partition coefficient (Wildman–Crippen LogP) is 3.64. The number of methoxy groups -OCH3 is 1. The first-order valence-corrected chi connectivity index (χ1v) is 7.61. The van der Waals surface area contributed by atoms with Gasteiger partial charge in [-0.3, -0.25) is 4.79 Å². The standard InChI is InChI=1S/C16H18N2O2S/c1-3-21-15-7-5-4-6-14(15)18-16(19)12-9-8-11(20-2)10-13(12)17/h4-10H,3,17H2,1-2H3,(H,18,19). The van der Waals surface area contributed by atoms with Gasteiger partial charge in [-0.15, -0.1) is 11.8 Å². The summed E-state index contributed by atoms with van der Waals surface area (Å²) in [4.78, 5) is 13.4. The highest BCUT2D eigenvalue weighted by Crippen LogP contribution is 2.28. The van der Waals surface area contributed by atoms with E-state index >= 15 is 0 Å². The third kappa shape index (κ3) is 3.70. The fourth-order valence-corrected chi connectivity index (χ4v) is 2.68. The molecule has 0 bridgehead atoms. The van der Waals surface area contributed by atoms with Crippen molar-refractivity contribution >= 4 is 29.0 Å². The van der Waals surface area contributed by atoms with Crippen LogP contribution in [0.3, 0.4) is 0 Å². The molecular weight excluding hydrogens is 284 g/mol. The van der Waals surface area contributed by atoms with Crippen molar-refractivity contribution in [1.82, 2.24) is 0 Å². The maximum absolute atomic E-state index is 12.3. The highest BCUT2D eigenvalue weighted by Gasteiger charge is 2.12. The van der Waals surface area contributed by atoms with E-state index in [4.69, 9.17) is 10.5 Å². The van der Waals surface area contributed by atoms with Crippen LogP contribution in [0.25, 0.3) is 0 Å². The van der Waals surface area contributed by atoms with Crippen LogP contribution in [0, 0.1) is 0 Å². The number of para-hydroxylation sites is 1. The highest BCUT2D eigenvalue weighted by molar-refractivity contribution is 7.99. The summed E-state index contributed by atoms with van der Waals surface area (Å²) < 4.78 is 5.08. The van der Waals surface area contributed by atoms with Gasteiger partial charge < -0.3 is 15.8 Å². The van der Waals surface area contributed by atoms with E-state index in [2.05, 4.69) is 12.2 Å². The van der Waals surface area contributed by atoms with Gasteiger partial charge in [-0.25, -0.2) is 0 Å². The number of rotatable bonds is 5. The summed E-state index contributed by atoms with van der Waals surface area (Å²) in [5.74, 6) is 1.35. The monoisotopic (exact) mass is 302 g/mol. The van der Waals surface area contributed by atoms with E-state index in [0.29, 0.717) is 17.0 Å². The molecule has 4 nitrogen and oxygen atoms in total. The summed E-state index contributed by atoms with van der Waals surface area (Å²) in [5.41, 5.74) is 7.53. The first-order chi connectivity index (χ1) is 10.2. The van der Waals surface area contributed by atoms with Gasteiger partial charge in [0.1, 0.15) is 5.75 Å². The van der Waals surface area contributed by atoms with Crippen LogP contribution in [0.15, 0.2) is 47.4 Å². The summed E-state index contributed by atoms with van der Waals surface area (Å²) in [6.45, 7) is 2.07. The van der Waals surface area contributed by atoms with Gasteiger partial charge in [-0.1, -0.05) is 19.1 Å². The van der Waals surface area contributed by atoms with E-state index in [9.17, 15) is 4.79 Å². The lowest BCUT2D eigenvalue weighted by Gasteiger charge is -2.11. The summed E-state index contributed by atoms with van der Waals surface area (Å²) in [6, 6.07) is 12.7. The van der Waals surface area contributed by atoms with Crippen LogP contribution in [0.5, 0.6) is 5.75 Å². The van der Waals surface area contributed by atoms with Gasteiger partial charge in [0.25, 0.3) is 5.91 Å². The Kier molecular flexibility index (Phi) is 5.11. The molecule has 0 saturated heterocycles. The average Bonchev–Trinajstić information content (AvgIpc) is 2.49. The molecule has 0 aliphatic carbocycles. The minimum Gasteiger partial charge on any atom is -0.497 e. The number of hydrogen-bond donors (Lipinski definition) is 2. The Labute approximate surface area is 128 Å². The number of nitrogen functional groups attached to an aromatic ring is 1. The molecule has 0 heterocycles. The number of thioether (sulfide) groups is 1. The molecule has 0 fully saturated rings. The number of hydrogen-bond acceptors (Lipinski definition) is 4. The number of nitrogens with two attached hydrogens (primary N) is 1. The molecule has 21 heavy (non-hydrogen) atoms. The van der Waals surface area contributed by atoms with Gasteiger partial charge in [-0.2, -0.15) is 0 Å². The van der Waals surface area contributed by atoms with Gasteiger partial charge in [0.15, 0.2) is 0 Å². The molecule has 2 aromatic rings. The summed E-state index contributed by atoms with van der Waals surface area (Å²) >= 11 is 1.68. The third-order valence-corrected chi connectivity index (χ3v) is 3.89. The Morgan fingerprint density at radius 1 is 1.29 bits per heavy atom. The average molecular weight is 302 g/mol. The van der Waals surface area contributed by atoms with E-state index in [0.717, 1.165) is 16.3 Å². The van der Waals surface area contributed by atoms with Crippen LogP contribution in [-0.4, -0.2) is 18.8 Å². The highest BCUT2D eigenvalue weighted by atomic mass is 32.2. The van der Waals surface area contributed by atoms with Crippen LogP contribution in [-0.2, 0) is 0 Å². The Morgan fingerprint density at radius 3 is 2.71 bits per heavy atom. The number of benzene rings is 2. The fraction of sp³-hybridized carbons (Fsp3) is 0.188. The molecule has 0 aromatic heterocycles. The molecule has 2 rings (SSSR count). The van der Waals surface area contributed by atoms with Crippen molar-refractivity contribution in [1.29, 1.82) is 0 Å². The second-order valence-corrected chi connectivity index (χ2v) is 5.64. The minimum absolute atomic E-state index is 0.223. The van der Waals surface area contributed by atoms with Crippen molar-refractivity contribution in [3.63, 3.8) is 0 Å². The molecule has 0 saturated carbocycles. The zero-order valence-electron chi connectivity index (χ0n) is 12.1. The quantitative estimate of drug-likeness (QED) is 0.654. The number of nitrogens with one attached hydrogen (secondary N) is 1. The lowest BCUT2D eigenvalue weighted by molar-refractivity contribution is 0.102. The lowest BCUT2D eigenvalue weighted by Crippen LogP contribution is -2.14. The lowest BCUT2D eigenvalue weighted by atomic mass is 10.1. The summed E-state index contributed by atoms with van der Waals surface area (Å²) in [7, 11) is 1.56. The first kappa shape index (κ1) is 15.3. The minimum atomic E-state index is -0.223. The van der Waals surface area contributed by atoms with Crippen LogP contribution in [0.2, 0.25) is 0 Å². The number of ether oxygens (including phenoxy) is 1. The fourth-order valence-electron chi connectivity index (χ4n) is 1.92. The molecule has 0 aliphatic heterocycles. The normalized spacial score (nSPS) is 10.2. The van der Waals surface area contributed by atoms with E-state index in [1.54, 1.807) is 37.1 Å². The van der Waals surface area contributed by atoms with Crippen LogP contribution in [0.4, 0.5) is 11.4 Å². The Hall–Kier alpha value is -2.14. The second-order valence-electron chi connectivity index (χ2n) is 4.34. The zero-order valence-corrected chi connectivity index (χ0v) is 12.9. The predicted molar refractivity (Wildman–Crippen MR) is 88.2 cm³/mol. The molecule has 0 radical (unpaired) electrons. The van der Waals surface area contributed by atoms with Crippen molar-refractivity contribution in [2.45, 2.75) is 11.8 Å². The summed E-state index contributed by atoms with van der Waals surface area (Å²) in [6.07, 6.45) is 0. The van der Waals surface area contributed by atoms with E-state index in [1.807, 2.05) is 24.3 Å². The maximum Gasteiger partial charge on any atom is 0.257 e. The molecule has 0 unspecified atom stereocenters. The van der Waals surface area contributed by atoms with E-state index < -0.39 is 0 Å². The summed E-state index contributed by atoms with van der Waals surface area (Å²) in [5, 5.41) is 2.91. The topological polar surface area (TPSA) is 64.3 Å². The van der Waals surface area contributed by atoms with E-state index in [1.165, 1.54) is 0 Å². The molecular formula is C16H18N2O2S. The van der Waals surface area contributed by atoms with Crippen LogP contribution in [0.1, 0.15) is 17.3 Å². The smallest absolute Gasteiger partial charge is 0.257 e. The largest absolute Gasteiger partial charge is 0.497 e. The maximum atomic E-state index is 12.3. The Bertz CT molecular complexity index is 644. The second kappa shape index (κ2) is 7.04. The number of amides is 1. The first-order valence-electron chi connectivity index (χ1n) is 6.62. The van der Waals surface area contributed by atoms with Crippen molar-refractivity contribution in [3.8, 4) is 5.75 Å². The van der Waals surface area contributed by atoms with Gasteiger partial charge in [0.2, 0.25) is 0 Å². The van der Waals surface area contributed by atoms with Gasteiger partial charge in [0, 0.05) is 16.6 Å². The molecule has 1 amide bonds. The van der Waals surface area contributed by atoms with Gasteiger partial charge in [-0.05, 0) is 30.0 Å². The van der Waals surface area contributed by atoms with Crippen LogP contribution >= 0.6 is 11.8 Å². The number of anilines is 2. The molecule has 5 heteroatoms. The Balaban J connectivity index is 2.22. The number of carbonyl (C=O) groups is 1.